The van der Waals surface area contributed by atoms with Crippen LogP contribution in [0.2, 0.25) is 5.02 Å². The Bertz CT molecular complexity index is 849. The first-order chi connectivity index (χ1) is 11.1. The number of fused-ring (bicyclic) bond motifs is 1. The van der Waals surface area contributed by atoms with Crippen LogP contribution in [-0.2, 0) is 6.42 Å². The molecule has 2 aromatic heterocycles. The number of hydrogen-bond donors (Lipinski definition) is 2. The first-order valence-corrected chi connectivity index (χ1v) is 7.48. The molecule has 118 valence electrons. The quantitative estimate of drug-likeness (QED) is 0.409. The molecular weight excluding hydrogens is 318 g/mol. The molecule has 0 atom stereocenters. The van der Waals surface area contributed by atoms with Crippen molar-refractivity contribution in [2.24, 2.45) is 0 Å². The average Bonchev–Trinajstić information content (AvgIpc) is 3.00. The molecule has 0 fully saturated rings. The molecule has 0 amide bonds. The molecule has 3 aromatic rings. The van der Waals surface area contributed by atoms with Crippen LogP contribution < -0.4 is 5.32 Å². The summed E-state index contributed by atoms with van der Waals surface area (Å²) >= 11 is 5.97. The summed E-state index contributed by atoms with van der Waals surface area (Å²) in [5.41, 5.74) is 1.59. The van der Waals surface area contributed by atoms with Crippen LogP contribution in [0.1, 0.15) is 12.1 Å². The van der Waals surface area contributed by atoms with E-state index in [1.165, 1.54) is 6.20 Å². The van der Waals surface area contributed by atoms with Crippen LogP contribution >= 0.6 is 11.6 Å². The van der Waals surface area contributed by atoms with E-state index in [1.54, 1.807) is 0 Å². The number of pyridine rings is 1. The van der Waals surface area contributed by atoms with Gasteiger partial charge in [-0.25, -0.2) is 9.97 Å². The average molecular weight is 332 g/mol. The first-order valence-electron chi connectivity index (χ1n) is 7.10. The maximum Gasteiger partial charge on any atom is 0.432 e. The van der Waals surface area contributed by atoms with E-state index in [1.807, 2.05) is 30.3 Å². The van der Waals surface area contributed by atoms with Gasteiger partial charge in [0.25, 0.3) is 0 Å². The van der Waals surface area contributed by atoms with Crippen molar-refractivity contribution in [1.29, 1.82) is 0 Å². The molecule has 0 saturated carbocycles. The number of nitrogens with one attached hydrogen (secondary N) is 2. The van der Waals surface area contributed by atoms with Crippen LogP contribution in [-0.4, -0.2) is 26.4 Å². The monoisotopic (exact) mass is 331 g/mol. The summed E-state index contributed by atoms with van der Waals surface area (Å²) in [5, 5.41) is 15.5. The van der Waals surface area contributed by atoms with Gasteiger partial charge in [-0.3, -0.25) is 0 Å². The fraction of sp³-hybridized carbons (Fsp3) is 0.200. The minimum Gasteiger partial charge on any atom is -0.390 e. The molecule has 3 rings (SSSR count). The number of anilines is 1. The molecule has 0 aliphatic carbocycles. The number of imidazole rings is 1. The predicted molar refractivity (Wildman–Crippen MR) is 88.8 cm³/mol. The fourth-order valence-corrected chi connectivity index (χ4v) is 2.42. The van der Waals surface area contributed by atoms with Crippen LogP contribution in [0.15, 0.2) is 36.5 Å². The maximum absolute atomic E-state index is 10.5. The van der Waals surface area contributed by atoms with Crippen molar-refractivity contribution in [3.05, 3.63) is 57.4 Å². The van der Waals surface area contributed by atoms with Gasteiger partial charge in [0, 0.05) is 23.4 Å². The van der Waals surface area contributed by atoms with Crippen LogP contribution in [0.25, 0.3) is 10.9 Å². The zero-order chi connectivity index (χ0) is 16.2. The van der Waals surface area contributed by atoms with Gasteiger partial charge in [-0.05, 0) is 35.6 Å². The Labute approximate surface area is 136 Å². The van der Waals surface area contributed by atoms with Crippen LogP contribution in [0.4, 0.5) is 11.8 Å². The van der Waals surface area contributed by atoms with Gasteiger partial charge in [0.1, 0.15) is 17.7 Å². The molecule has 0 unspecified atom stereocenters. The number of benzene rings is 1. The third-order valence-electron chi connectivity index (χ3n) is 3.37. The standard InChI is InChI=1S/C15H14ClN5O2/c16-11-5-3-10-4-6-14(20-13(10)8-11)17-7-1-2-12-9-18-15(19-12)21(22)23/h3-6,8-9H,1-2,7H2,(H,17,20)(H,18,19). The highest BCUT2D eigenvalue weighted by Gasteiger charge is 2.10. The van der Waals surface area contributed by atoms with Crippen molar-refractivity contribution in [2.75, 3.05) is 11.9 Å². The third-order valence-corrected chi connectivity index (χ3v) is 3.61. The van der Waals surface area contributed by atoms with E-state index in [0.29, 0.717) is 18.0 Å². The minimum atomic E-state index is -0.536. The molecule has 23 heavy (non-hydrogen) atoms. The van der Waals surface area contributed by atoms with E-state index < -0.39 is 4.92 Å². The first kappa shape index (κ1) is 15.2. The molecule has 7 nitrogen and oxygen atoms in total. The zero-order valence-electron chi connectivity index (χ0n) is 12.1. The maximum atomic E-state index is 10.5. The normalized spacial score (nSPS) is 10.8. The molecular formula is C15H14ClN5O2. The minimum absolute atomic E-state index is 0.221. The summed E-state index contributed by atoms with van der Waals surface area (Å²) in [4.78, 5) is 20.9. The van der Waals surface area contributed by atoms with Gasteiger partial charge in [-0.1, -0.05) is 22.7 Å². The second-order valence-electron chi connectivity index (χ2n) is 5.05. The summed E-state index contributed by atoms with van der Waals surface area (Å²) in [6.45, 7) is 0.700. The lowest BCUT2D eigenvalue weighted by Gasteiger charge is -2.06. The molecule has 2 N–H and O–H groups in total. The Morgan fingerprint density at radius 1 is 1.30 bits per heavy atom. The van der Waals surface area contributed by atoms with Gasteiger partial charge in [0.15, 0.2) is 0 Å². The van der Waals surface area contributed by atoms with E-state index in [2.05, 4.69) is 20.3 Å². The number of hydrogen-bond acceptors (Lipinski definition) is 5. The lowest BCUT2D eigenvalue weighted by Crippen LogP contribution is -2.04. The van der Waals surface area contributed by atoms with Gasteiger partial charge in [-0.15, -0.1) is 0 Å². The van der Waals surface area contributed by atoms with Gasteiger partial charge in [-0.2, -0.15) is 0 Å². The van der Waals surface area contributed by atoms with Crippen molar-refractivity contribution in [3.63, 3.8) is 0 Å². The SMILES string of the molecule is O=[N+]([O-])c1ncc(CCCNc2ccc3ccc(Cl)cc3n2)[nH]1. The van der Waals surface area contributed by atoms with E-state index >= 15 is 0 Å². The Hall–Kier alpha value is -2.67. The molecule has 0 aliphatic heterocycles. The Kier molecular flexibility index (Phi) is 4.38. The number of H-pyrrole nitrogens is 1. The van der Waals surface area contributed by atoms with E-state index in [9.17, 15) is 10.1 Å². The highest BCUT2D eigenvalue weighted by molar-refractivity contribution is 6.31. The summed E-state index contributed by atoms with van der Waals surface area (Å²) in [6.07, 6.45) is 2.97. The predicted octanol–water partition coefficient (Wildman–Crippen LogP) is 3.56. The highest BCUT2D eigenvalue weighted by atomic mass is 35.5. The summed E-state index contributed by atoms with van der Waals surface area (Å²) < 4.78 is 0. The topological polar surface area (TPSA) is 96.7 Å². The highest BCUT2D eigenvalue weighted by Crippen LogP contribution is 2.19. The number of nitrogens with zero attached hydrogens (tertiary/aromatic N) is 3. The molecule has 2 heterocycles. The molecule has 1 aromatic carbocycles. The number of aromatic nitrogens is 3. The second-order valence-corrected chi connectivity index (χ2v) is 5.49. The van der Waals surface area contributed by atoms with E-state index in [-0.39, 0.29) is 5.95 Å². The second kappa shape index (κ2) is 6.62. The molecule has 0 aliphatic rings. The van der Waals surface area contributed by atoms with Crippen molar-refractivity contribution < 1.29 is 4.92 Å². The third kappa shape index (κ3) is 3.75. The Morgan fingerprint density at radius 2 is 2.13 bits per heavy atom. The van der Waals surface area contributed by atoms with Gasteiger partial charge < -0.3 is 15.4 Å². The zero-order valence-corrected chi connectivity index (χ0v) is 12.9. The smallest absolute Gasteiger partial charge is 0.390 e. The molecule has 0 saturated heterocycles. The molecule has 0 bridgehead atoms. The number of halogens is 1. The molecule has 0 radical (unpaired) electrons. The van der Waals surface area contributed by atoms with Crippen LogP contribution in [0, 0.1) is 10.1 Å². The summed E-state index contributed by atoms with van der Waals surface area (Å²) in [5.74, 6) is 0.552. The van der Waals surface area contributed by atoms with Gasteiger partial charge >= 0.3 is 5.95 Å². The molecule has 0 spiro atoms. The van der Waals surface area contributed by atoms with Crippen molar-refractivity contribution in [1.82, 2.24) is 15.0 Å². The van der Waals surface area contributed by atoms with E-state index in [4.69, 9.17) is 11.6 Å². The van der Waals surface area contributed by atoms with Gasteiger partial charge in [0.2, 0.25) is 0 Å². The largest absolute Gasteiger partial charge is 0.432 e. The Balaban J connectivity index is 1.54. The fourth-order valence-electron chi connectivity index (χ4n) is 2.25. The number of aryl methyl sites for hydroxylation is 1. The van der Waals surface area contributed by atoms with Crippen LogP contribution in [0.3, 0.4) is 0 Å². The van der Waals surface area contributed by atoms with Crippen LogP contribution in [0.5, 0.6) is 0 Å². The van der Waals surface area contributed by atoms with Crippen molar-refractivity contribution in [3.8, 4) is 0 Å². The summed E-state index contributed by atoms with van der Waals surface area (Å²) in [7, 11) is 0. The molecule has 8 heteroatoms. The van der Waals surface area contributed by atoms with E-state index in [0.717, 1.165) is 28.8 Å². The lowest BCUT2D eigenvalue weighted by atomic mass is 10.2. The van der Waals surface area contributed by atoms with Crippen molar-refractivity contribution >= 4 is 34.3 Å². The van der Waals surface area contributed by atoms with Gasteiger partial charge in [0.05, 0.1) is 5.52 Å². The van der Waals surface area contributed by atoms with Crippen molar-refractivity contribution in [2.45, 2.75) is 12.8 Å². The number of aromatic amines is 1. The number of rotatable bonds is 6. The Morgan fingerprint density at radius 3 is 2.91 bits per heavy atom. The number of nitro groups is 1. The lowest BCUT2D eigenvalue weighted by molar-refractivity contribution is -0.393. The summed E-state index contributed by atoms with van der Waals surface area (Å²) in [6, 6.07) is 9.49.